The number of Topliss-reactive ketones (excluding diaryl/α,β-unsaturated/α-hetero) is 1. The normalized spacial score (nSPS) is 18.8. The van der Waals surface area contributed by atoms with E-state index < -0.39 is 23.3 Å². The Labute approximate surface area is 176 Å². The number of halogens is 1. The summed E-state index contributed by atoms with van der Waals surface area (Å²) in [5.74, 6) is -0.855. The molecule has 158 valence electrons. The molecule has 1 saturated heterocycles. The molecule has 2 aromatic carbocycles. The van der Waals surface area contributed by atoms with Gasteiger partial charge in [0.05, 0.1) is 6.54 Å². The molecular formula is C24H27FN2O3. The van der Waals surface area contributed by atoms with Crippen LogP contribution in [-0.4, -0.2) is 29.2 Å². The molecule has 1 fully saturated rings. The number of urea groups is 1. The van der Waals surface area contributed by atoms with Crippen LogP contribution >= 0.6 is 0 Å². The molecule has 6 heteroatoms. The minimum Gasteiger partial charge on any atom is -0.319 e. The number of rotatable bonds is 8. The third kappa shape index (κ3) is 4.13. The molecule has 0 spiro atoms. The van der Waals surface area contributed by atoms with Crippen LogP contribution in [0.2, 0.25) is 0 Å². The van der Waals surface area contributed by atoms with Crippen LogP contribution in [0.25, 0.3) is 0 Å². The van der Waals surface area contributed by atoms with Crippen molar-refractivity contribution in [1.29, 1.82) is 0 Å². The van der Waals surface area contributed by atoms with Gasteiger partial charge in [-0.15, -0.1) is 0 Å². The maximum Gasteiger partial charge on any atom is 0.325 e. The zero-order valence-corrected chi connectivity index (χ0v) is 17.6. The number of nitrogens with zero attached hydrogens (tertiary/aromatic N) is 1. The van der Waals surface area contributed by atoms with E-state index in [1.165, 1.54) is 24.3 Å². The Bertz CT molecular complexity index is 938. The lowest BCUT2D eigenvalue weighted by Gasteiger charge is -2.27. The summed E-state index contributed by atoms with van der Waals surface area (Å²) in [6.07, 6.45) is 1.91. The van der Waals surface area contributed by atoms with Gasteiger partial charge in [-0.2, -0.15) is 0 Å². The monoisotopic (exact) mass is 410 g/mol. The zero-order valence-electron chi connectivity index (χ0n) is 17.6. The van der Waals surface area contributed by atoms with Crippen molar-refractivity contribution in [1.82, 2.24) is 10.2 Å². The molecule has 3 amide bonds. The highest BCUT2D eigenvalue weighted by Gasteiger charge is 2.52. The second-order valence-electron chi connectivity index (χ2n) is 8.04. The maximum atomic E-state index is 13.4. The largest absolute Gasteiger partial charge is 0.325 e. The third-order valence-electron chi connectivity index (χ3n) is 5.62. The van der Waals surface area contributed by atoms with Gasteiger partial charge in [0.2, 0.25) is 0 Å². The van der Waals surface area contributed by atoms with Gasteiger partial charge in [-0.05, 0) is 35.6 Å². The smallest absolute Gasteiger partial charge is 0.319 e. The molecule has 1 N–H and O–H groups in total. The molecule has 5 nitrogen and oxygen atoms in total. The van der Waals surface area contributed by atoms with Crippen molar-refractivity contribution in [3.05, 3.63) is 71.0 Å². The van der Waals surface area contributed by atoms with Crippen molar-refractivity contribution < 1.29 is 18.8 Å². The van der Waals surface area contributed by atoms with Crippen LogP contribution in [0.3, 0.4) is 0 Å². The van der Waals surface area contributed by atoms with Crippen molar-refractivity contribution in [2.45, 2.75) is 51.5 Å². The summed E-state index contributed by atoms with van der Waals surface area (Å²) in [6, 6.07) is 12.2. The second-order valence-corrected chi connectivity index (χ2v) is 8.04. The number of nitrogens with one attached hydrogen (secondary N) is 1. The molecule has 0 bridgehead atoms. The lowest BCUT2D eigenvalue weighted by atomic mass is 9.84. The molecule has 30 heavy (non-hydrogen) atoms. The molecule has 3 rings (SSSR count). The van der Waals surface area contributed by atoms with Gasteiger partial charge in [0, 0.05) is 5.56 Å². The highest BCUT2D eigenvalue weighted by molar-refractivity contribution is 6.11. The molecule has 0 aliphatic carbocycles. The molecule has 1 atom stereocenters. The summed E-state index contributed by atoms with van der Waals surface area (Å²) < 4.78 is 13.4. The number of hydrogen-bond acceptors (Lipinski definition) is 3. The quantitative estimate of drug-likeness (QED) is 0.504. The van der Waals surface area contributed by atoms with E-state index in [0.717, 1.165) is 16.9 Å². The Morgan fingerprint density at radius 3 is 2.27 bits per heavy atom. The second kappa shape index (κ2) is 8.78. The van der Waals surface area contributed by atoms with E-state index in [1.807, 2.05) is 19.1 Å². The van der Waals surface area contributed by atoms with E-state index in [2.05, 4.69) is 19.2 Å². The summed E-state index contributed by atoms with van der Waals surface area (Å²) in [4.78, 5) is 39.7. The van der Waals surface area contributed by atoms with E-state index in [4.69, 9.17) is 0 Å². The molecule has 1 aliphatic rings. The number of ketones is 1. The number of unbranched alkanes of at least 4 members (excludes halogenated alkanes) is 1. The van der Waals surface area contributed by atoms with Crippen molar-refractivity contribution in [3.8, 4) is 0 Å². The predicted molar refractivity (Wildman–Crippen MR) is 113 cm³/mol. The molecule has 1 unspecified atom stereocenters. The van der Waals surface area contributed by atoms with Crippen LogP contribution in [0.1, 0.15) is 67.4 Å². The number of imide groups is 1. The Balaban J connectivity index is 1.85. The van der Waals surface area contributed by atoms with E-state index in [9.17, 15) is 18.8 Å². The fourth-order valence-electron chi connectivity index (χ4n) is 3.74. The van der Waals surface area contributed by atoms with E-state index >= 15 is 0 Å². The first-order valence-corrected chi connectivity index (χ1v) is 10.3. The lowest BCUT2D eigenvalue weighted by molar-refractivity contribution is -0.131. The SMILES string of the molecule is CCCCC1(c2ccc(F)cc2)NC(=O)N(CC(=O)c2ccc(C(C)C)cc2)C1=O. The topological polar surface area (TPSA) is 66.5 Å². The standard InChI is InChI=1S/C24H27FN2O3/c1-4-5-14-24(19-10-12-20(25)13-11-19)22(29)27(23(30)26-24)15-21(28)18-8-6-17(7-9-18)16(2)3/h6-13,16H,4-5,14-15H2,1-3H3,(H,26,30). The lowest BCUT2D eigenvalue weighted by Crippen LogP contribution is -2.44. The molecule has 0 radical (unpaired) electrons. The van der Waals surface area contributed by atoms with Gasteiger partial charge in [0.25, 0.3) is 5.91 Å². The van der Waals surface area contributed by atoms with Crippen molar-refractivity contribution >= 4 is 17.7 Å². The number of amides is 3. The van der Waals surface area contributed by atoms with Crippen LogP contribution in [0.4, 0.5) is 9.18 Å². The average Bonchev–Trinajstić information content (AvgIpc) is 2.97. The minimum atomic E-state index is -1.28. The van der Waals surface area contributed by atoms with Gasteiger partial charge >= 0.3 is 6.03 Å². The molecule has 0 aromatic heterocycles. The molecular weight excluding hydrogens is 383 g/mol. The Morgan fingerprint density at radius 1 is 1.07 bits per heavy atom. The highest BCUT2D eigenvalue weighted by atomic mass is 19.1. The average molecular weight is 410 g/mol. The predicted octanol–water partition coefficient (Wildman–Crippen LogP) is 4.77. The molecule has 2 aromatic rings. The van der Waals surface area contributed by atoms with Crippen molar-refractivity contribution in [2.24, 2.45) is 0 Å². The van der Waals surface area contributed by atoms with Gasteiger partial charge in [-0.1, -0.05) is 70.0 Å². The summed E-state index contributed by atoms with van der Waals surface area (Å²) in [7, 11) is 0. The zero-order chi connectivity index (χ0) is 21.9. The van der Waals surface area contributed by atoms with Gasteiger partial charge in [0.1, 0.15) is 11.4 Å². The van der Waals surface area contributed by atoms with Crippen molar-refractivity contribution in [3.63, 3.8) is 0 Å². The van der Waals surface area contributed by atoms with Gasteiger partial charge in [0.15, 0.2) is 5.78 Å². The first-order chi connectivity index (χ1) is 14.3. The first kappa shape index (κ1) is 21.7. The molecule has 0 saturated carbocycles. The molecule has 1 aliphatic heterocycles. The summed E-state index contributed by atoms with van der Waals surface area (Å²) in [5, 5.41) is 2.78. The maximum absolute atomic E-state index is 13.4. The third-order valence-corrected chi connectivity index (χ3v) is 5.62. The van der Waals surface area contributed by atoms with Crippen LogP contribution < -0.4 is 5.32 Å². The van der Waals surface area contributed by atoms with Crippen LogP contribution in [0.5, 0.6) is 0 Å². The Morgan fingerprint density at radius 2 is 1.70 bits per heavy atom. The Hall–Kier alpha value is -3.02. The van der Waals surface area contributed by atoms with Crippen LogP contribution in [0, 0.1) is 5.82 Å². The van der Waals surface area contributed by atoms with E-state index in [1.54, 1.807) is 12.1 Å². The van der Waals surface area contributed by atoms with E-state index in [0.29, 0.717) is 29.9 Å². The number of carbonyl (C=O) groups is 3. The number of hydrogen-bond donors (Lipinski definition) is 1. The van der Waals surface area contributed by atoms with Gasteiger partial charge < -0.3 is 5.32 Å². The van der Waals surface area contributed by atoms with Crippen molar-refractivity contribution in [2.75, 3.05) is 6.54 Å². The number of benzene rings is 2. The summed E-state index contributed by atoms with van der Waals surface area (Å²) in [5.41, 5.74) is 0.805. The van der Waals surface area contributed by atoms with Crippen LogP contribution in [-0.2, 0) is 10.3 Å². The Kier molecular flexibility index (Phi) is 6.34. The number of carbonyl (C=O) groups excluding carboxylic acids is 3. The fourth-order valence-corrected chi connectivity index (χ4v) is 3.74. The first-order valence-electron chi connectivity index (χ1n) is 10.3. The van der Waals surface area contributed by atoms with Gasteiger partial charge in [-0.25, -0.2) is 9.18 Å². The molecule has 1 heterocycles. The highest BCUT2D eigenvalue weighted by Crippen LogP contribution is 2.34. The van der Waals surface area contributed by atoms with Gasteiger partial charge in [-0.3, -0.25) is 14.5 Å². The fraction of sp³-hybridized carbons (Fsp3) is 0.375. The van der Waals surface area contributed by atoms with E-state index in [-0.39, 0.29) is 12.3 Å². The van der Waals surface area contributed by atoms with Crippen LogP contribution in [0.15, 0.2) is 48.5 Å². The summed E-state index contributed by atoms with van der Waals surface area (Å²) >= 11 is 0. The summed E-state index contributed by atoms with van der Waals surface area (Å²) in [6.45, 7) is 5.79. The minimum absolute atomic E-state index is 0.306.